The number of rotatable bonds is 6. The molecule has 2 aromatic rings. The van der Waals surface area contributed by atoms with E-state index in [4.69, 9.17) is 9.47 Å². The van der Waals surface area contributed by atoms with Crippen molar-refractivity contribution in [1.82, 2.24) is 0 Å². The molecule has 0 saturated carbocycles. The largest absolute Gasteiger partial charge is 0.493 e. The molecule has 0 amide bonds. The van der Waals surface area contributed by atoms with Crippen LogP contribution in [0.15, 0.2) is 42.5 Å². The Morgan fingerprint density at radius 3 is 2.45 bits per heavy atom. The van der Waals surface area contributed by atoms with Crippen molar-refractivity contribution in [3.05, 3.63) is 65.0 Å². The number of carbonyl (C=O) groups excluding carboxylic acids is 1. The number of ether oxygens (including phenoxy) is 2. The molecule has 2 rings (SSSR count). The van der Waals surface area contributed by atoms with Crippen molar-refractivity contribution < 1.29 is 18.7 Å². The van der Waals surface area contributed by atoms with Crippen LogP contribution in [0, 0.1) is 19.7 Å². The third-order valence-corrected chi connectivity index (χ3v) is 3.12. The minimum absolute atomic E-state index is 0.0605. The third kappa shape index (κ3) is 4.88. The fraction of sp³-hybridized carbons (Fsp3) is 0.278. The molecule has 2 aromatic carbocycles. The number of halogens is 1. The van der Waals surface area contributed by atoms with Crippen LogP contribution in [0.5, 0.6) is 5.75 Å². The van der Waals surface area contributed by atoms with Crippen LogP contribution in [0.25, 0.3) is 0 Å². The van der Waals surface area contributed by atoms with Gasteiger partial charge >= 0.3 is 5.97 Å². The Morgan fingerprint density at radius 1 is 1.09 bits per heavy atom. The highest BCUT2D eigenvalue weighted by molar-refractivity contribution is 5.69. The van der Waals surface area contributed by atoms with Gasteiger partial charge in [-0.15, -0.1) is 0 Å². The summed E-state index contributed by atoms with van der Waals surface area (Å²) in [5, 5.41) is 0. The average molecular weight is 302 g/mol. The van der Waals surface area contributed by atoms with Crippen LogP contribution >= 0.6 is 0 Å². The van der Waals surface area contributed by atoms with Crippen LogP contribution in [0.4, 0.5) is 4.39 Å². The normalized spacial score (nSPS) is 10.3. The maximum absolute atomic E-state index is 13.4. The summed E-state index contributed by atoms with van der Waals surface area (Å²) in [4.78, 5) is 11.6. The molecular weight excluding hydrogens is 283 g/mol. The van der Waals surface area contributed by atoms with E-state index in [1.807, 2.05) is 26.0 Å². The van der Waals surface area contributed by atoms with Crippen LogP contribution in [-0.2, 0) is 16.1 Å². The maximum atomic E-state index is 13.4. The molecule has 0 unspecified atom stereocenters. The summed E-state index contributed by atoms with van der Waals surface area (Å²) in [5.74, 6) is -0.0474. The van der Waals surface area contributed by atoms with Crippen LogP contribution in [0.2, 0.25) is 0 Å². The van der Waals surface area contributed by atoms with Gasteiger partial charge in [0.1, 0.15) is 18.2 Å². The molecule has 0 spiro atoms. The van der Waals surface area contributed by atoms with Gasteiger partial charge < -0.3 is 9.47 Å². The lowest BCUT2D eigenvalue weighted by Crippen LogP contribution is -2.10. The average Bonchev–Trinajstić information content (AvgIpc) is 2.45. The van der Waals surface area contributed by atoms with Gasteiger partial charge in [-0.1, -0.05) is 24.3 Å². The zero-order chi connectivity index (χ0) is 15.9. The van der Waals surface area contributed by atoms with Gasteiger partial charge in [0.05, 0.1) is 13.0 Å². The number of carbonyl (C=O) groups is 1. The summed E-state index contributed by atoms with van der Waals surface area (Å²) < 4.78 is 23.9. The topological polar surface area (TPSA) is 35.5 Å². The summed E-state index contributed by atoms with van der Waals surface area (Å²) in [5.41, 5.74) is 2.58. The minimum Gasteiger partial charge on any atom is -0.493 e. The SMILES string of the molecule is Cc1cc(C)cc(OCCC(=O)OCc2ccccc2F)c1. The Morgan fingerprint density at radius 2 is 1.77 bits per heavy atom. The molecule has 22 heavy (non-hydrogen) atoms. The molecule has 4 heteroatoms. The van der Waals surface area contributed by atoms with E-state index in [0.717, 1.165) is 16.9 Å². The van der Waals surface area contributed by atoms with Gasteiger partial charge in [-0.2, -0.15) is 0 Å². The lowest BCUT2D eigenvalue weighted by atomic mass is 10.1. The lowest BCUT2D eigenvalue weighted by Gasteiger charge is -2.09. The quantitative estimate of drug-likeness (QED) is 0.758. The van der Waals surface area contributed by atoms with Crippen molar-refractivity contribution >= 4 is 5.97 Å². The van der Waals surface area contributed by atoms with Gasteiger partial charge in [0, 0.05) is 5.56 Å². The number of hydrogen-bond acceptors (Lipinski definition) is 3. The Kier molecular flexibility index (Phi) is 5.53. The van der Waals surface area contributed by atoms with Crippen LogP contribution in [0.3, 0.4) is 0 Å². The zero-order valence-corrected chi connectivity index (χ0v) is 12.8. The highest BCUT2D eigenvalue weighted by Crippen LogP contribution is 2.16. The number of hydrogen-bond donors (Lipinski definition) is 0. The molecule has 0 N–H and O–H groups in total. The van der Waals surface area contributed by atoms with Crippen molar-refractivity contribution in [1.29, 1.82) is 0 Å². The van der Waals surface area contributed by atoms with E-state index in [9.17, 15) is 9.18 Å². The maximum Gasteiger partial charge on any atom is 0.309 e. The van der Waals surface area contributed by atoms with E-state index >= 15 is 0 Å². The summed E-state index contributed by atoms with van der Waals surface area (Å²) >= 11 is 0. The molecule has 0 fully saturated rings. The van der Waals surface area contributed by atoms with Gasteiger partial charge in [0.25, 0.3) is 0 Å². The number of benzene rings is 2. The second kappa shape index (κ2) is 7.59. The predicted molar refractivity (Wildman–Crippen MR) is 82.2 cm³/mol. The van der Waals surface area contributed by atoms with E-state index < -0.39 is 5.97 Å². The summed E-state index contributed by atoms with van der Waals surface area (Å²) in [6, 6.07) is 12.1. The molecule has 0 aliphatic heterocycles. The van der Waals surface area contributed by atoms with Crippen molar-refractivity contribution in [2.75, 3.05) is 6.61 Å². The molecule has 0 radical (unpaired) electrons. The Balaban J connectivity index is 1.75. The molecule has 0 aliphatic rings. The van der Waals surface area contributed by atoms with E-state index in [2.05, 4.69) is 6.07 Å². The lowest BCUT2D eigenvalue weighted by molar-refractivity contribution is -0.145. The van der Waals surface area contributed by atoms with Gasteiger partial charge in [-0.05, 0) is 43.2 Å². The summed E-state index contributed by atoms with van der Waals surface area (Å²) in [6.45, 7) is 4.15. The van der Waals surface area contributed by atoms with Gasteiger partial charge in [0.15, 0.2) is 0 Å². The third-order valence-electron chi connectivity index (χ3n) is 3.12. The second-order valence-electron chi connectivity index (χ2n) is 5.17. The van der Waals surface area contributed by atoms with Gasteiger partial charge in [0.2, 0.25) is 0 Å². The van der Waals surface area contributed by atoms with E-state index in [-0.39, 0.29) is 25.5 Å². The highest BCUT2D eigenvalue weighted by atomic mass is 19.1. The van der Waals surface area contributed by atoms with Crippen molar-refractivity contribution in [3.8, 4) is 5.75 Å². The first-order chi connectivity index (χ1) is 10.5. The summed E-state index contributed by atoms with van der Waals surface area (Å²) in [6.07, 6.45) is 0.126. The van der Waals surface area contributed by atoms with Crippen LogP contribution in [0.1, 0.15) is 23.1 Å². The smallest absolute Gasteiger partial charge is 0.309 e. The van der Waals surface area contributed by atoms with E-state index in [1.54, 1.807) is 18.2 Å². The molecule has 0 aliphatic carbocycles. The zero-order valence-electron chi connectivity index (χ0n) is 12.8. The molecule has 3 nitrogen and oxygen atoms in total. The standard InChI is InChI=1S/C18H19FO3/c1-13-9-14(2)11-16(10-13)21-8-7-18(20)22-12-15-5-3-4-6-17(15)19/h3-6,9-11H,7-8,12H2,1-2H3. The fourth-order valence-corrected chi connectivity index (χ4v) is 2.11. The number of esters is 1. The predicted octanol–water partition coefficient (Wildman–Crippen LogP) is 3.95. The van der Waals surface area contributed by atoms with Crippen molar-refractivity contribution in [2.45, 2.75) is 26.9 Å². The molecule has 0 bridgehead atoms. The fourth-order valence-electron chi connectivity index (χ4n) is 2.11. The van der Waals surface area contributed by atoms with Crippen LogP contribution in [-0.4, -0.2) is 12.6 Å². The van der Waals surface area contributed by atoms with E-state index in [0.29, 0.717) is 5.56 Å². The minimum atomic E-state index is -0.410. The van der Waals surface area contributed by atoms with E-state index in [1.165, 1.54) is 6.07 Å². The second-order valence-corrected chi connectivity index (χ2v) is 5.17. The number of aryl methyl sites for hydroxylation is 2. The molecule has 0 saturated heterocycles. The molecule has 0 heterocycles. The monoisotopic (exact) mass is 302 g/mol. The Hall–Kier alpha value is -2.36. The Bertz CT molecular complexity index is 632. The molecule has 0 atom stereocenters. The summed E-state index contributed by atoms with van der Waals surface area (Å²) in [7, 11) is 0. The first kappa shape index (κ1) is 16.0. The molecule has 0 aromatic heterocycles. The van der Waals surface area contributed by atoms with Crippen molar-refractivity contribution in [2.24, 2.45) is 0 Å². The van der Waals surface area contributed by atoms with Gasteiger partial charge in [-0.25, -0.2) is 4.39 Å². The molecular formula is C18H19FO3. The molecule has 116 valence electrons. The highest BCUT2D eigenvalue weighted by Gasteiger charge is 2.07. The van der Waals surface area contributed by atoms with Crippen molar-refractivity contribution in [3.63, 3.8) is 0 Å². The van der Waals surface area contributed by atoms with Gasteiger partial charge in [-0.3, -0.25) is 4.79 Å². The Labute approximate surface area is 129 Å². The first-order valence-corrected chi connectivity index (χ1v) is 7.15. The first-order valence-electron chi connectivity index (χ1n) is 7.15. The van der Waals surface area contributed by atoms with Crippen LogP contribution < -0.4 is 4.74 Å².